The smallest absolute Gasteiger partial charge is 0.306 e. The van der Waals surface area contributed by atoms with E-state index in [-0.39, 0.29) is 12.1 Å². The average Bonchev–Trinajstić information content (AvgIpc) is 3.08. The Morgan fingerprint density at radius 2 is 0.688 bits per heavy atom. The summed E-state index contributed by atoms with van der Waals surface area (Å²) < 4.78 is 6.06. The standard InChI is InChI=1S/C45H88O3/c1-5-9-12-15-18-19-22-29-37-43(46)38-30-23-20-21-27-35-42(34-8-4)36-28-26-33-41-45(47)48-44(39-31-24-16-13-10-6-2)40-32-25-17-14-11-7-3/h42,44H,5-41H2,1-4H3. The number of rotatable bonds is 40. The molecule has 0 bridgehead atoms. The SMILES string of the molecule is CCCCCCCCCCC(=O)CCCCCCCC(CCC)CCCCCC(=O)OC(CCCCCCCC)CCCCCCCC. The summed E-state index contributed by atoms with van der Waals surface area (Å²) in [6, 6.07) is 0. The molecule has 0 saturated heterocycles. The van der Waals surface area contributed by atoms with Crippen molar-refractivity contribution < 1.29 is 14.3 Å². The predicted molar refractivity (Wildman–Crippen MR) is 212 cm³/mol. The zero-order valence-electron chi connectivity index (χ0n) is 33.5. The van der Waals surface area contributed by atoms with Gasteiger partial charge in [-0.3, -0.25) is 9.59 Å². The number of hydrogen-bond donors (Lipinski definition) is 0. The maximum absolute atomic E-state index is 12.8. The molecule has 286 valence electrons. The summed E-state index contributed by atoms with van der Waals surface area (Å²) in [5.74, 6) is 1.39. The summed E-state index contributed by atoms with van der Waals surface area (Å²) in [7, 11) is 0. The van der Waals surface area contributed by atoms with E-state index >= 15 is 0 Å². The van der Waals surface area contributed by atoms with E-state index in [1.54, 1.807) is 0 Å². The second-order valence-electron chi connectivity index (χ2n) is 15.5. The molecule has 0 amide bonds. The van der Waals surface area contributed by atoms with E-state index in [9.17, 15) is 9.59 Å². The van der Waals surface area contributed by atoms with Crippen LogP contribution in [0.25, 0.3) is 0 Å². The third-order valence-electron chi connectivity index (χ3n) is 10.6. The van der Waals surface area contributed by atoms with E-state index in [4.69, 9.17) is 4.74 Å². The van der Waals surface area contributed by atoms with Gasteiger partial charge < -0.3 is 4.74 Å². The van der Waals surface area contributed by atoms with Crippen molar-refractivity contribution in [2.45, 2.75) is 271 Å². The van der Waals surface area contributed by atoms with Crippen molar-refractivity contribution in [2.24, 2.45) is 5.92 Å². The van der Waals surface area contributed by atoms with Gasteiger partial charge in [0.15, 0.2) is 0 Å². The average molecular weight is 677 g/mol. The lowest BCUT2D eigenvalue weighted by Crippen LogP contribution is -2.18. The van der Waals surface area contributed by atoms with Crippen molar-refractivity contribution in [1.82, 2.24) is 0 Å². The largest absolute Gasteiger partial charge is 0.462 e. The number of Topliss-reactive ketones (excluding diaryl/α,β-unsaturated/α-hetero) is 1. The van der Waals surface area contributed by atoms with Gasteiger partial charge in [-0.05, 0) is 50.9 Å². The van der Waals surface area contributed by atoms with Crippen LogP contribution < -0.4 is 0 Å². The van der Waals surface area contributed by atoms with Gasteiger partial charge in [-0.15, -0.1) is 0 Å². The Morgan fingerprint density at radius 1 is 0.354 bits per heavy atom. The maximum atomic E-state index is 12.8. The third kappa shape index (κ3) is 35.0. The molecule has 0 saturated carbocycles. The van der Waals surface area contributed by atoms with Crippen LogP contribution in [0.1, 0.15) is 265 Å². The molecule has 0 radical (unpaired) electrons. The molecule has 0 N–H and O–H groups in total. The van der Waals surface area contributed by atoms with Crippen LogP contribution in [-0.2, 0) is 14.3 Å². The fourth-order valence-corrected chi connectivity index (χ4v) is 7.40. The van der Waals surface area contributed by atoms with Crippen molar-refractivity contribution in [3.8, 4) is 0 Å². The predicted octanol–water partition coefficient (Wildman–Crippen LogP) is 15.6. The molecule has 1 unspecified atom stereocenters. The lowest BCUT2D eigenvalue weighted by molar-refractivity contribution is -0.150. The Balaban J connectivity index is 4.01. The van der Waals surface area contributed by atoms with Crippen LogP contribution in [0.5, 0.6) is 0 Å². The minimum atomic E-state index is 0.0527. The molecule has 0 spiro atoms. The first-order valence-electron chi connectivity index (χ1n) is 22.3. The lowest BCUT2D eigenvalue weighted by Gasteiger charge is -2.18. The normalized spacial score (nSPS) is 12.2. The summed E-state index contributed by atoms with van der Waals surface area (Å²) >= 11 is 0. The number of ether oxygens (including phenoxy) is 1. The van der Waals surface area contributed by atoms with Gasteiger partial charge in [-0.1, -0.05) is 201 Å². The van der Waals surface area contributed by atoms with Gasteiger partial charge in [-0.25, -0.2) is 0 Å². The highest BCUT2D eigenvalue weighted by Crippen LogP contribution is 2.24. The summed E-state index contributed by atoms with van der Waals surface area (Å²) in [5.41, 5.74) is 0. The Kier molecular flexibility index (Phi) is 38.2. The highest BCUT2D eigenvalue weighted by molar-refractivity contribution is 5.78. The van der Waals surface area contributed by atoms with Gasteiger partial charge in [-0.2, -0.15) is 0 Å². The van der Waals surface area contributed by atoms with Crippen molar-refractivity contribution >= 4 is 11.8 Å². The van der Waals surface area contributed by atoms with Crippen LogP contribution in [0.3, 0.4) is 0 Å². The van der Waals surface area contributed by atoms with Gasteiger partial charge >= 0.3 is 5.97 Å². The number of hydrogen-bond acceptors (Lipinski definition) is 3. The topological polar surface area (TPSA) is 43.4 Å². The van der Waals surface area contributed by atoms with E-state index in [1.165, 1.54) is 180 Å². The van der Waals surface area contributed by atoms with Crippen LogP contribution in [-0.4, -0.2) is 17.9 Å². The fraction of sp³-hybridized carbons (Fsp3) is 0.956. The summed E-state index contributed by atoms with van der Waals surface area (Å²) in [6.45, 7) is 9.13. The zero-order valence-corrected chi connectivity index (χ0v) is 33.5. The molecule has 0 aromatic rings. The highest BCUT2D eigenvalue weighted by atomic mass is 16.5. The molecule has 0 aliphatic carbocycles. The molecule has 48 heavy (non-hydrogen) atoms. The molecule has 0 fully saturated rings. The van der Waals surface area contributed by atoms with Gasteiger partial charge in [0.05, 0.1) is 0 Å². The summed E-state index contributed by atoms with van der Waals surface area (Å²) in [4.78, 5) is 25.0. The quantitative estimate of drug-likeness (QED) is 0.0479. The lowest BCUT2D eigenvalue weighted by atomic mass is 9.90. The first-order valence-corrected chi connectivity index (χ1v) is 22.3. The van der Waals surface area contributed by atoms with Crippen molar-refractivity contribution in [2.75, 3.05) is 0 Å². The number of ketones is 1. The van der Waals surface area contributed by atoms with E-state index in [0.29, 0.717) is 12.2 Å². The Bertz CT molecular complexity index is 643. The van der Waals surface area contributed by atoms with Crippen molar-refractivity contribution in [1.29, 1.82) is 0 Å². The molecule has 1 atom stereocenters. The van der Waals surface area contributed by atoms with Crippen LogP contribution in [0.2, 0.25) is 0 Å². The molecule has 0 heterocycles. The van der Waals surface area contributed by atoms with E-state index in [2.05, 4.69) is 27.7 Å². The molecule has 0 aliphatic rings. The second-order valence-corrected chi connectivity index (χ2v) is 15.5. The van der Waals surface area contributed by atoms with Crippen LogP contribution in [0, 0.1) is 5.92 Å². The first-order chi connectivity index (χ1) is 23.6. The number of unbranched alkanes of at least 4 members (excludes halogenated alkanes) is 23. The Morgan fingerprint density at radius 3 is 1.10 bits per heavy atom. The summed E-state index contributed by atoms with van der Waals surface area (Å²) in [5, 5.41) is 0. The number of carbonyl (C=O) groups is 2. The van der Waals surface area contributed by atoms with E-state index in [1.807, 2.05) is 0 Å². The van der Waals surface area contributed by atoms with Gasteiger partial charge in [0.1, 0.15) is 11.9 Å². The van der Waals surface area contributed by atoms with E-state index in [0.717, 1.165) is 57.3 Å². The monoisotopic (exact) mass is 677 g/mol. The molecule has 3 heteroatoms. The van der Waals surface area contributed by atoms with Crippen molar-refractivity contribution in [3.05, 3.63) is 0 Å². The molecule has 0 aromatic heterocycles. The summed E-state index contributed by atoms with van der Waals surface area (Å²) in [6.07, 6.45) is 45.4. The molecule has 3 nitrogen and oxygen atoms in total. The minimum absolute atomic E-state index is 0.0527. The van der Waals surface area contributed by atoms with Gasteiger partial charge in [0.25, 0.3) is 0 Å². The first kappa shape index (κ1) is 47.1. The van der Waals surface area contributed by atoms with Crippen LogP contribution >= 0.6 is 0 Å². The molecule has 0 aliphatic heterocycles. The van der Waals surface area contributed by atoms with Crippen LogP contribution in [0.15, 0.2) is 0 Å². The van der Waals surface area contributed by atoms with Crippen molar-refractivity contribution in [3.63, 3.8) is 0 Å². The molecular formula is C45H88O3. The fourth-order valence-electron chi connectivity index (χ4n) is 7.40. The van der Waals surface area contributed by atoms with Gasteiger partial charge in [0, 0.05) is 19.3 Å². The Labute approximate surface area is 302 Å². The van der Waals surface area contributed by atoms with Gasteiger partial charge in [0.2, 0.25) is 0 Å². The van der Waals surface area contributed by atoms with E-state index < -0.39 is 0 Å². The third-order valence-corrected chi connectivity index (χ3v) is 10.6. The maximum Gasteiger partial charge on any atom is 0.306 e. The molecular weight excluding hydrogens is 588 g/mol. The highest BCUT2D eigenvalue weighted by Gasteiger charge is 2.15. The zero-order chi connectivity index (χ0) is 35.2. The second kappa shape index (κ2) is 38.9. The Hall–Kier alpha value is -0.860. The molecule has 0 rings (SSSR count). The number of esters is 1. The van der Waals surface area contributed by atoms with Crippen LogP contribution in [0.4, 0.5) is 0 Å². The number of carbonyl (C=O) groups excluding carboxylic acids is 2. The molecule has 0 aromatic carbocycles. The minimum Gasteiger partial charge on any atom is -0.462 e.